The van der Waals surface area contributed by atoms with E-state index in [1.54, 1.807) is 0 Å². The molecule has 23 heavy (non-hydrogen) atoms. The summed E-state index contributed by atoms with van der Waals surface area (Å²) in [5, 5.41) is 12.2. The lowest BCUT2D eigenvalue weighted by Crippen LogP contribution is -2.38. The van der Waals surface area contributed by atoms with E-state index in [-0.39, 0.29) is 28.2 Å². The molecular formula is C15H15Cl2FN2O3. The van der Waals surface area contributed by atoms with Gasteiger partial charge in [-0.3, -0.25) is 4.79 Å². The Morgan fingerprint density at radius 1 is 1.35 bits per heavy atom. The Hall–Kier alpha value is -1.53. The molecule has 2 atom stereocenters. The summed E-state index contributed by atoms with van der Waals surface area (Å²) < 4.78 is 13.8. The third kappa shape index (κ3) is 2.74. The van der Waals surface area contributed by atoms with Gasteiger partial charge in [0.1, 0.15) is 5.82 Å². The standard InChI is InChI=1S/C15H15Cl2FN2O3/c16-9-4-11(18)12(5-10(9)17)19-14(23)20-6-8-2-1-3-15(8,7-20)13(21)22/h4-5,8H,1-3,6-7H2,(H,19,23)(H,21,22)/t8-,15+/m0/s1. The van der Waals surface area contributed by atoms with Crippen LogP contribution in [0.4, 0.5) is 14.9 Å². The number of likely N-dealkylation sites (tertiary alicyclic amines) is 1. The molecule has 0 spiro atoms. The molecule has 5 nitrogen and oxygen atoms in total. The van der Waals surface area contributed by atoms with E-state index in [2.05, 4.69) is 5.32 Å². The Labute approximate surface area is 142 Å². The summed E-state index contributed by atoms with van der Waals surface area (Å²) in [5.74, 6) is -1.61. The number of carbonyl (C=O) groups is 2. The number of urea groups is 1. The van der Waals surface area contributed by atoms with Crippen molar-refractivity contribution in [1.29, 1.82) is 0 Å². The van der Waals surface area contributed by atoms with Gasteiger partial charge in [0.25, 0.3) is 0 Å². The first-order valence-corrected chi connectivity index (χ1v) is 8.03. The fourth-order valence-electron chi connectivity index (χ4n) is 3.61. The van der Waals surface area contributed by atoms with Crippen molar-refractivity contribution in [2.24, 2.45) is 11.3 Å². The predicted octanol–water partition coefficient (Wildman–Crippen LogP) is 3.85. The van der Waals surface area contributed by atoms with Crippen molar-refractivity contribution in [3.8, 4) is 0 Å². The van der Waals surface area contributed by atoms with Gasteiger partial charge in [-0.05, 0) is 30.9 Å². The number of rotatable bonds is 2. The van der Waals surface area contributed by atoms with E-state index in [9.17, 15) is 19.1 Å². The zero-order valence-corrected chi connectivity index (χ0v) is 13.6. The molecule has 2 aliphatic rings. The predicted molar refractivity (Wildman–Crippen MR) is 84.4 cm³/mol. The first-order valence-electron chi connectivity index (χ1n) is 7.27. The van der Waals surface area contributed by atoms with Crippen molar-refractivity contribution < 1.29 is 19.1 Å². The van der Waals surface area contributed by atoms with Crippen LogP contribution < -0.4 is 5.32 Å². The van der Waals surface area contributed by atoms with Gasteiger partial charge in [-0.15, -0.1) is 0 Å². The minimum absolute atomic E-state index is 0.0515. The van der Waals surface area contributed by atoms with E-state index in [4.69, 9.17) is 23.2 Å². The highest BCUT2D eigenvalue weighted by Gasteiger charge is 2.55. The number of hydrogen-bond acceptors (Lipinski definition) is 2. The average molecular weight is 361 g/mol. The molecule has 2 amide bonds. The number of fused-ring (bicyclic) bond motifs is 1. The summed E-state index contributed by atoms with van der Waals surface area (Å²) >= 11 is 11.5. The zero-order chi connectivity index (χ0) is 16.8. The monoisotopic (exact) mass is 360 g/mol. The summed E-state index contributed by atoms with van der Waals surface area (Å²) in [6.45, 7) is 0.503. The molecule has 1 aromatic rings. The normalized spacial score (nSPS) is 26.2. The molecule has 3 rings (SSSR count). The van der Waals surface area contributed by atoms with Crippen LogP contribution in [-0.4, -0.2) is 35.1 Å². The Kier molecular flexibility index (Phi) is 4.14. The number of nitrogens with zero attached hydrogens (tertiary/aromatic N) is 1. The van der Waals surface area contributed by atoms with Crippen LogP contribution in [0.15, 0.2) is 12.1 Å². The molecule has 1 saturated carbocycles. The molecule has 8 heteroatoms. The number of aliphatic carboxylic acids is 1. The number of nitrogens with one attached hydrogen (secondary N) is 1. The Balaban J connectivity index is 1.76. The second-order valence-electron chi connectivity index (χ2n) is 6.11. The highest BCUT2D eigenvalue weighted by molar-refractivity contribution is 6.42. The maximum absolute atomic E-state index is 13.8. The topological polar surface area (TPSA) is 69.6 Å². The number of halogens is 3. The van der Waals surface area contributed by atoms with E-state index < -0.39 is 23.2 Å². The Morgan fingerprint density at radius 2 is 2.04 bits per heavy atom. The first-order chi connectivity index (χ1) is 10.8. The van der Waals surface area contributed by atoms with Crippen LogP contribution in [-0.2, 0) is 4.79 Å². The number of benzene rings is 1. The maximum atomic E-state index is 13.8. The summed E-state index contributed by atoms with van der Waals surface area (Å²) in [6.07, 6.45) is 2.21. The number of carbonyl (C=O) groups excluding carboxylic acids is 1. The van der Waals surface area contributed by atoms with Gasteiger partial charge in [-0.1, -0.05) is 29.6 Å². The van der Waals surface area contributed by atoms with Crippen LogP contribution >= 0.6 is 23.2 Å². The molecular weight excluding hydrogens is 346 g/mol. The fraction of sp³-hybridized carbons (Fsp3) is 0.467. The van der Waals surface area contributed by atoms with Crippen LogP contribution in [0.1, 0.15) is 19.3 Å². The van der Waals surface area contributed by atoms with Gasteiger partial charge >= 0.3 is 12.0 Å². The lowest BCUT2D eigenvalue weighted by molar-refractivity contribution is -0.149. The molecule has 0 aromatic heterocycles. The third-order valence-corrected chi connectivity index (χ3v) is 5.56. The SMILES string of the molecule is O=C(Nc1cc(Cl)c(Cl)cc1F)N1C[C@@H]2CCC[C@@]2(C(=O)O)C1. The van der Waals surface area contributed by atoms with Gasteiger partial charge in [-0.25, -0.2) is 9.18 Å². The highest BCUT2D eigenvalue weighted by Crippen LogP contribution is 2.49. The van der Waals surface area contributed by atoms with Crippen molar-refractivity contribution in [2.45, 2.75) is 19.3 Å². The van der Waals surface area contributed by atoms with Crippen molar-refractivity contribution in [1.82, 2.24) is 4.90 Å². The number of carboxylic acids is 1. The molecule has 1 heterocycles. The van der Waals surface area contributed by atoms with Gasteiger partial charge in [0.05, 0.1) is 21.1 Å². The van der Waals surface area contributed by atoms with Gasteiger partial charge in [-0.2, -0.15) is 0 Å². The zero-order valence-electron chi connectivity index (χ0n) is 12.1. The maximum Gasteiger partial charge on any atom is 0.321 e. The second-order valence-corrected chi connectivity index (χ2v) is 6.92. The van der Waals surface area contributed by atoms with Gasteiger partial charge in [0.2, 0.25) is 0 Å². The molecule has 0 radical (unpaired) electrons. The molecule has 1 aliphatic heterocycles. The molecule has 0 bridgehead atoms. The third-order valence-electron chi connectivity index (χ3n) is 4.84. The van der Waals surface area contributed by atoms with Crippen molar-refractivity contribution in [3.63, 3.8) is 0 Å². The molecule has 1 aromatic carbocycles. The van der Waals surface area contributed by atoms with Crippen LogP contribution in [0.2, 0.25) is 10.0 Å². The van der Waals surface area contributed by atoms with Crippen molar-refractivity contribution in [2.75, 3.05) is 18.4 Å². The van der Waals surface area contributed by atoms with Crippen molar-refractivity contribution >= 4 is 40.9 Å². The van der Waals surface area contributed by atoms with E-state index in [1.807, 2.05) is 0 Å². The largest absolute Gasteiger partial charge is 0.481 e. The summed E-state index contributed by atoms with van der Waals surface area (Å²) in [6, 6.07) is 1.73. The summed E-state index contributed by atoms with van der Waals surface area (Å²) in [5.41, 5.74) is -0.945. The van der Waals surface area contributed by atoms with Crippen LogP contribution in [0, 0.1) is 17.2 Å². The highest BCUT2D eigenvalue weighted by atomic mass is 35.5. The number of carboxylic acid groups (broad SMARTS) is 1. The van der Waals surface area contributed by atoms with Gasteiger partial charge < -0.3 is 15.3 Å². The van der Waals surface area contributed by atoms with Crippen LogP contribution in [0.25, 0.3) is 0 Å². The minimum Gasteiger partial charge on any atom is -0.481 e. The second kappa shape index (κ2) is 5.83. The van der Waals surface area contributed by atoms with Gasteiger partial charge in [0.15, 0.2) is 0 Å². The number of amides is 2. The molecule has 2 fully saturated rings. The van der Waals surface area contributed by atoms with Crippen LogP contribution in [0.3, 0.4) is 0 Å². The van der Waals surface area contributed by atoms with E-state index >= 15 is 0 Å². The average Bonchev–Trinajstić information content (AvgIpc) is 3.02. The lowest BCUT2D eigenvalue weighted by atomic mass is 9.81. The lowest BCUT2D eigenvalue weighted by Gasteiger charge is -2.23. The quantitative estimate of drug-likeness (QED) is 0.786. The summed E-state index contributed by atoms with van der Waals surface area (Å²) in [4.78, 5) is 25.4. The number of hydrogen-bond donors (Lipinski definition) is 2. The molecule has 0 unspecified atom stereocenters. The molecule has 2 N–H and O–H groups in total. The smallest absolute Gasteiger partial charge is 0.321 e. The minimum atomic E-state index is -0.868. The van der Waals surface area contributed by atoms with Crippen molar-refractivity contribution in [3.05, 3.63) is 28.0 Å². The number of anilines is 1. The van der Waals surface area contributed by atoms with Gasteiger partial charge in [0, 0.05) is 13.1 Å². The fourth-order valence-corrected chi connectivity index (χ4v) is 3.92. The molecule has 1 aliphatic carbocycles. The van der Waals surface area contributed by atoms with E-state index in [1.165, 1.54) is 11.0 Å². The Morgan fingerprint density at radius 3 is 2.70 bits per heavy atom. The molecule has 1 saturated heterocycles. The summed E-state index contributed by atoms with van der Waals surface area (Å²) in [7, 11) is 0. The van der Waals surface area contributed by atoms with E-state index in [0.29, 0.717) is 13.0 Å². The molecule has 124 valence electrons. The van der Waals surface area contributed by atoms with Crippen LogP contribution in [0.5, 0.6) is 0 Å². The van der Waals surface area contributed by atoms with E-state index in [0.717, 1.165) is 18.9 Å². The Bertz CT molecular complexity index is 685. The first kappa shape index (κ1) is 16.3.